The summed E-state index contributed by atoms with van der Waals surface area (Å²) in [4.78, 5) is 23.5. The summed E-state index contributed by atoms with van der Waals surface area (Å²) >= 11 is 11.7. The molecule has 2 rings (SSSR count). The lowest BCUT2D eigenvalue weighted by molar-refractivity contribution is -0.158. The van der Waals surface area contributed by atoms with E-state index in [9.17, 15) is 23.1 Å². The van der Waals surface area contributed by atoms with Gasteiger partial charge in [-0.25, -0.2) is 8.42 Å². The first-order chi connectivity index (χ1) is 11.0. The standard InChI is InChI=1S/C14H15Cl2NO6S/c1-14(13(19)20)11(12(18)23-2)3-4-17(14)24(21,22)10-6-8(15)5-9(16)7-10/h5-7,11H,3-4H2,1-2H3,(H,19,20)/t11-,14?/m1/s1. The van der Waals surface area contributed by atoms with Crippen molar-refractivity contribution in [2.75, 3.05) is 13.7 Å². The maximum atomic E-state index is 12.9. The maximum Gasteiger partial charge on any atom is 0.325 e. The second-order valence-electron chi connectivity index (χ2n) is 5.50. The van der Waals surface area contributed by atoms with E-state index in [1.54, 1.807) is 0 Å². The topological polar surface area (TPSA) is 101 Å². The number of benzene rings is 1. The van der Waals surface area contributed by atoms with Crippen LogP contribution in [0.2, 0.25) is 10.0 Å². The highest BCUT2D eigenvalue weighted by Gasteiger charge is 2.59. The first kappa shape index (κ1) is 19.0. The molecular formula is C14H15Cl2NO6S. The van der Waals surface area contributed by atoms with E-state index < -0.39 is 33.4 Å². The number of carboxylic acids is 1. The predicted molar refractivity (Wildman–Crippen MR) is 86.5 cm³/mol. The molecule has 1 heterocycles. The highest BCUT2D eigenvalue weighted by molar-refractivity contribution is 7.89. The number of ether oxygens (including phenoxy) is 1. The average molecular weight is 396 g/mol. The Labute approximate surface area is 149 Å². The summed E-state index contributed by atoms with van der Waals surface area (Å²) in [5.41, 5.74) is -1.97. The molecule has 0 saturated carbocycles. The number of carboxylic acid groups (broad SMARTS) is 1. The molecule has 0 aliphatic carbocycles. The number of aliphatic carboxylic acids is 1. The van der Waals surface area contributed by atoms with Crippen LogP contribution in [0.25, 0.3) is 0 Å². The molecule has 1 saturated heterocycles. The lowest BCUT2D eigenvalue weighted by Crippen LogP contribution is -2.55. The number of carbonyl (C=O) groups excluding carboxylic acids is 1. The van der Waals surface area contributed by atoms with E-state index in [0.717, 1.165) is 11.4 Å². The molecule has 0 aromatic heterocycles. The van der Waals surface area contributed by atoms with Crippen LogP contribution >= 0.6 is 23.2 Å². The van der Waals surface area contributed by atoms with Gasteiger partial charge in [-0.2, -0.15) is 4.31 Å². The van der Waals surface area contributed by atoms with Gasteiger partial charge < -0.3 is 9.84 Å². The van der Waals surface area contributed by atoms with Crippen molar-refractivity contribution in [1.29, 1.82) is 0 Å². The van der Waals surface area contributed by atoms with Crippen molar-refractivity contribution in [1.82, 2.24) is 4.31 Å². The zero-order valence-electron chi connectivity index (χ0n) is 12.8. The summed E-state index contributed by atoms with van der Waals surface area (Å²) in [6, 6.07) is 3.72. The molecule has 1 unspecified atom stereocenters. The first-order valence-electron chi connectivity index (χ1n) is 6.85. The molecular weight excluding hydrogens is 381 g/mol. The van der Waals surface area contributed by atoms with Gasteiger partial charge in [0.1, 0.15) is 5.54 Å². The van der Waals surface area contributed by atoms with Gasteiger partial charge in [0, 0.05) is 16.6 Å². The van der Waals surface area contributed by atoms with E-state index in [1.165, 1.54) is 25.1 Å². The van der Waals surface area contributed by atoms with Gasteiger partial charge in [0.2, 0.25) is 10.0 Å². The van der Waals surface area contributed by atoms with Gasteiger partial charge in [-0.15, -0.1) is 0 Å². The Kier molecular flexibility index (Phi) is 5.15. The van der Waals surface area contributed by atoms with Gasteiger partial charge in [0.15, 0.2) is 0 Å². The summed E-state index contributed by atoms with van der Waals surface area (Å²) in [5.74, 6) is -3.33. The predicted octanol–water partition coefficient (Wildman–Crippen LogP) is 2.02. The Balaban J connectivity index is 2.57. The first-order valence-corrected chi connectivity index (χ1v) is 9.05. The van der Waals surface area contributed by atoms with Crippen LogP contribution in [0.5, 0.6) is 0 Å². The minimum absolute atomic E-state index is 0.0308. The SMILES string of the molecule is COC(=O)[C@H]1CCN(S(=O)(=O)c2cc(Cl)cc(Cl)c2)C1(C)C(=O)O. The third-order valence-electron chi connectivity index (χ3n) is 4.16. The largest absolute Gasteiger partial charge is 0.480 e. The second-order valence-corrected chi connectivity index (χ2v) is 8.23. The van der Waals surface area contributed by atoms with Gasteiger partial charge in [0.25, 0.3) is 0 Å². The van der Waals surface area contributed by atoms with Crippen molar-refractivity contribution in [2.45, 2.75) is 23.8 Å². The summed E-state index contributed by atoms with van der Waals surface area (Å²) in [6.07, 6.45) is 0.0308. The summed E-state index contributed by atoms with van der Waals surface area (Å²) in [7, 11) is -3.11. The number of halogens is 2. The third-order valence-corrected chi connectivity index (χ3v) is 6.57. The number of hydrogen-bond acceptors (Lipinski definition) is 5. The van der Waals surface area contributed by atoms with Gasteiger partial charge in [-0.05, 0) is 31.5 Å². The third kappa shape index (κ3) is 2.99. The van der Waals surface area contributed by atoms with Crippen molar-refractivity contribution in [2.24, 2.45) is 5.92 Å². The molecule has 0 amide bonds. The Morgan fingerprint density at radius 2 is 1.83 bits per heavy atom. The van der Waals surface area contributed by atoms with E-state index in [2.05, 4.69) is 4.74 Å². The zero-order valence-corrected chi connectivity index (χ0v) is 15.2. The normalized spacial score (nSPS) is 24.8. The van der Waals surface area contributed by atoms with Crippen molar-refractivity contribution >= 4 is 45.2 Å². The van der Waals surface area contributed by atoms with E-state index >= 15 is 0 Å². The van der Waals surface area contributed by atoms with Crippen LogP contribution in [-0.4, -0.2) is 49.0 Å². The Morgan fingerprint density at radius 3 is 2.29 bits per heavy atom. The molecule has 0 spiro atoms. The smallest absolute Gasteiger partial charge is 0.325 e. The molecule has 10 heteroatoms. The number of hydrogen-bond donors (Lipinski definition) is 1. The summed E-state index contributed by atoms with van der Waals surface area (Å²) < 4.78 is 31.2. The second kappa shape index (κ2) is 6.51. The summed E-state index contributed by atoms with van der Waals surface area (Å²) in [6.45, 7) is 1.04. The Morgan fingerprint density at radius 1 is 1.29 bits per heavy atom. The summed E-state index contributed by atoms with van der Waals surface area (Å²) in [5, 5.41) is 9.81. The van der Waals surface area contributed by atoms with Gasteiger partial charge >= 0.3 is 11.9 Å². The molecule has 24 heavy (non-hydrogen) atoms. The molecule has 0 radical (unpaired) electrons. The minimum atomic E-state index is -4.24. The Hall–Kier alpha value is -1.35. The highest BCUT2D eigenvalue weighted by atomic mass is 35.5. The molecule has 1 aromatic rings. The van der Waals surface area contributed by atoms with Crippen molar-refractivity contribution in [3.63, 3.8) is 0 Å². The Bertz CT molecular complexity index is 776. The fraction of sp³-hybridized carbons (Fsp3) is 0.429. The maximum absolute atomic E-state index is 12.9. The number of rotatable bonds is 4. The fourth-order valence-corrected chi connectivity index (χ4v) is 5.37. The van der Waals surface area contributed by atoms with Crippen molar-refractivity contribution in [3.8, 4) is 0 Å². The quantitative estimate of drug-likeness (QED) is 0.782. The number of carbonyl (C=O) groups is 2. The van der Waals surface area contributed by atoms with Gasteiger partial charge in [-0.1, -0.05) is 23.2 Å². The molecule has 7 nitrogen and oxygen atoms in total. The van der Waals surface area contributed by atoms with Crippen molar-refractivity contribution in [3.05, 3.63) is 28.2 Å². The van der Waals surface area contributed by atoms with Gasteiger partial charge in [0.05, 0.1) is 17.9 Å². The fourth-order valence-electron chi connectivity index (χ4n) is 2.85. The van der Waals surface area contributed by atoms with Crippen LogP contribution in [0, 0.1) is 5.92 Å². The lowest BCUT2D eigenvalue weighted by Gasteiger charge is -2.33. The molecule has 1 aliphatic heterocycles. The minimum Gasteiger partial charge on any atom is -0.480 e. The van der Waals surface area contributed by atoms with E-state index in [0.29, 0.717) is 0 Å². The zero-order chi connectivity index (χ0) is 18.3. The van der Waals surface area contributed by atoms with Crippen LogP contribution in [0.3, 0.4) is 0 Å². The highest BCUT2D eigenvalue weighted by Crippen LogP contribution is 2.40. The van der Waals surface area contributed by atoms with Gasteiger partial charge in [-0.3, -0.25) is 9.59 Å². The molecule has 2 atom stereocenters. The van der Waals surface area contributed by atoms with Crippen LogP contribution in [0.4, 0.5) is 0 Å². The number of sulfonamides is 1. The van der Waals surface area contributed by atoms with Crippen molar-refractivity contribution < 1.29 is 27.9 Å². The van der Waals surface area contributed by atoms with E-state index in [-0.39, 0.29) is 27.9 Å². The van der Waals surface area contributed by atoms with E-state index in [1.807, 2.05) is 0 Å². The average Bonchev–Trinajstić information content (AvgIpc) is 2.85. The van der Waals surface area contributed by atoms with Crippen LogP contribution in [0.1, 0.15) is 13.3 Å². The lowest BCUT2D eigenvalue weighted by atomic mass is 9.87. The molecule has 1 fully saturated rings. The number of methoxy groups -OCH3 is 1. The van der Waals surface area contributed by atoms with Crippen LogP contribution in [-0.2, 0) is 24.3 Å². The molecule has 1 aromatic carbocycles. The van der Waals surface area contributed by atoms with Crippen LogP contribution in [0.15, 0.2) is 23.1 Å². The van der Waals surface area contributed by atoms with E-state index in [4.69, 9.17) is 23.2 Å². The number of nitrogens with zero attached hydrogens (tertiary/aromatic N) is 1. The monoisotopic (exact) mass is 395 g/mol. The number of esters is 1. The molecule has 0 bridgehead atoms. The molecule has 1 N–H and O–H groups in total. The van der Waals surface area contributed by atoms with Crippen LogP contribution < -0.4 is 0 Å². The molecule has 1 aliphatic rings. The molecule has 132 valence electrons.